The molecule has 0 atom stereocenters. The van der Waals surface area contributed by atoms with Crippen molar-refractivity contribution in [3.05, 3.63) is 46.5 Å². The van der Waals surface area contributed by atoms with E-state index >= 15 is 0 Å². The summed E-state index contributed by atoms with van der Waals surface area (Å²) in [5.74, 6) is 0.589. The summed E-state index contributed by atoms with van der Waals surface area (Å²) in [5, 5.41) is 0. The van der Waals surface area contributed by atoms with Crippen molar-refractivity contribution in [2.45, 2.75) is 6.54 Å². The van der Waals surface area contributed by atoms with Crippen LogP contribution in [0.5, 0.6) is 0 Å². The zero-order valence-electron chi connectivity index (χ0n) is 8.79. The van der Waals surface area contributed by atoms with Crippen LogP contribution in [-0.2, 0) is 6.54 Å². The Hall–Kier alpha value is -0.310. The fourth-order valence-electron chi connectivity index (χ4n) is 1.28. The quantitative estimate of drug-likeness (QED) is 0.590. The number of hydrogen-bond acceptors (Lipinski definition) is 1. The summed E-state index contributed by atoms with van der Waals surface area (Å²) in [5.41, 5.74) is 1.32. The molecule has 0 N–H and O–H groups in total. The van der Waals surface area contributed by atoms with Crippen LogP contribution in [0.2, 0.25) is 0 Å². The van der Waals surface area contributed by atoms with Gasteiger partial charge in [-0.3, -0.25) is 4.90 Å². The lowest BCUT2D eigenvalue weighted by Crippen LogP contribution is -2.17. The molecule has 0 bridgehead atoms. The maximum Gasteiger partial charge on any atom is 0.0404 e. The summed E-state index contributed by atoms with van der Waals surface area (Å²) in [7, 11) is 2.10. The molecular weight excluding hydrogens is 273 g/mol. The number of nitrogens with zero attached hydrogens (tertiary/aromatic N) is 1. The molecule has 0 radical (unpaired) electrons. The first-order valence-corrected chi connectivity index (χ1v) is 6.19. The third-order valence-electron chi connectivity index (χ3n) is 2.04. The minimum absolute atomic E-state index is 0.589. The smallest absolute Gasteiger partial charge is 0.0404 e. The molecule has 0 unspecified atom stereocenters. The van der Waals surface area contributed by atoms with Gasteiger partial charge >= 0.3 is 0 Å². The topological polar surface area (TPSA) is 3.24 Å². The summed E-state index contributed by atoms with van der Waals surface area (Å²) in [6.45, 7) is 1.89. The summed E-state index contributed by atoms with van der Waals surface area (Å²) < 4.78 is 1.12. The first kappa shape index (κ1) is 12.8. The van der Waals surface area contributed by atoms with E-state index in [1.807, 2.05) is 6.08 Å². The Bertz CT molecular complexity index is 308. The van der Waals surface area contributed by atoms with Gasteiger partial charge in [0.1, 0.15) is 0 Å². The van der Waals surface area contributed by atoms with Crippen LogP contribution in [0, 0.1) is 0 Å². The second kappa shape index (κ2) is 7.04. The number of allylic oxidation sites excluding steroid dienone is 1. The van der Waals surface area contributed by atoms with Gasteiger partial charge in [-0.2, -0.15) is 0 Å². The van der Waals surface area contributed by atoms with Crippen LogP contribution in [-0.4, -0.2) is 24.4 Å². The fraction of sp³-hybridized carbons (Fsp3) is 0.333. The van der Waals surface area contributed by atoms with E-state index in [9.17, 15) is 0 Å². The lowest BCUT2D eigenvalue weighted by atomic mass is 10.2. The Morgan fingerprint density at radius 2 is 1.93 bits per heavy atom. The van der Waals surface area contributed by atoms with Crippen LogP contribution in [0.15, 0.2) is 40.9 Å². The van der Waals surface area contributed by atoms with Crippen molar-refractivity contribution < 1.29 is 0 Å². The molecule has 0 aliphatic heterocycles. The highest BCUT2D eigenvalue weighted by atomic mass is 79.9. The van der Waals surface area contributed by atoms with Gasteiger partial charge in [-0.15, -0.1) is 11.6 Å². The van der Waals surface area contributed by atoms with E-state index in [1.165, 1.54) is 5.56 Å². The Labute approximate surface area is 105 Å². The predicted molar refractivity (Wildman–Crippen MR) is 70.3 cm³/mol. The van der Waals surface area contributed by atoms with Crippen molar-refractivity contribution in [3.63, 3.8) is 0 Å². The van der Waals surface area contributed by atoms with E-state index in [1.54, 1.807) is 0 Å². The number of halogens is 2. The van der Waals surface area contributed by atoms with Crippen LogP contribution in [0.1, 0.15) is 5.56 Å². The number of alkyl halides is 1. The predicted octanol–water partition coefficient (Wildman–Crippen LogP) is 3.68. The van der Waals surface area contributed by atoms with E-state index in [4.69, 9.17) is 11.6 Å². The van der Waals surface area contributed by atoms with Crippen molar-refractivity contribution in [2.24, 2.45) is 0 Å². The number of likely N-dealkylation sites (N-methyl/N-ethyl adjacent to an activating group) is 1. The Morgan fingerprint density at radius 3 is 2.53 bits per heavy atom. The molecule has 1 nitrogen and oxygen atoms in total. The highest BCUT2D eigenvalue weighted by Gasteiger charge is 1.97. The van der Waals surface area contributed by atoms with Crippen molar-refractivity contribution in [1.29, 1.82) is 0 Å². The second-order valence-electron chi connectivity index (χ2n) is 3.45. The molecule has 1 rings (SSSR count). The number of hydrogen-bond donors (Lipinski definition) is 0. The molecule has 0 spiro atoms. The average Bonchev–Trinajstić information content (AvgIpc) is 2.22. The summed E-state index contributed by atoms with van der Waals surface area (Å²) in [6.07, 6.45) is 4.06. The highest BCUT2D eigenvalue weighted by Crippen LogP contribution is 2.11. The molecule has 0 heterocycles. The molecular formula is C12H15BrClN. The van der Waals surface area contributed by atoms with Crippen LogP contribution >= 0.6 is 27.5 Å². The van der Waals surface area contributed by atoms with E-state index in [2.05, 4.69) is 58.2 Å². The minimum Gasteiger partial charge on any atom is -0.298 e. The van der Waals surface area contributed by atoms with Gasteiger partial charge < -0.3 is 0 Å². The summed E-state index contributed by atoms with van der Waals surface area (Å²) in [6, 6.07) is 8.40. The van der Waals surface area contributed by atoms with E-state index in [0.717, 1.165) is 17.6 Å². The fourth-order valence-corrected chi connectivity index (χ4v) is 1.67. The highest BCUT2D eigenvalue weighted by molar-refractivity contribution is 9.10. The molecule has 3 heteroatoms. The molecule has 1 aromatic rings. The third kappa shape index (κ3) is 5.36. The third-order valence-corrected chi connectivity index (χ3v) is 2.75. The second-order valence-corrected chi connectivity index (χ2v) is 4.67. The zero-order valence-corrected chi connectivity index (χ0v) is 11.1. The molecule has 0 saturated heterocycles. The van der Waals surface area contributed by atoms with Crippen molar-refractivity contribution in [1.82, 2.24) is 4.90 Å². The van der Waals surface area contributed by atoms with E-state index < -0.39 is 0 Å². The molecule has 0 amide bonds. The first-order chi connectivity index (χ1) is 7.22. The van der Waals surface area contributed by atoms with Gasteiger partial charge in [0.2, 0.25) is 0 Å². The summed E-state index contributed by atoms with van der Waals surface area (Å²) in [4.78, 5) is 2.24. The lowest BCUT2D eigenvalue weighted by molar-refractivity contribution is 0.363. The van der Waals surface area contributed by atoms with Crippen molar-refractivity contribution in [2.75, 3.05) is 19.5 Å². The van der Waals surface area contributed by atoms with Gasteiger partial charge in [0.05, 0.1) is 0 Å². The van der Waals surface area contributed by atoms with Gasteiger partial charge in [-0.25, -0.2) is 0 Å². The van der Waals surface area contributed by atoms with Gasteiger partial charge in [-0.05, 0) is 24.7 Å². The molecule has 82 valence electrons. The molecule has 0 aromatic heterocycles. The first-order valence-electron chi connectivity index (χ1n) is 4.86. The standard InChI is InChI=1S/C12H15BrClN/c1-15(9-3-2-8-14)10-11-4-6-12(13)7-5-11/h2-7H,8-10H2,1H3. The Balaban J connectivity index is 2.40. The lowest BCUT2D eigenvalue weighted by Gasteiger charge is -2.14. The maximum absolute atomic E-state index is 5.55. The monoisotopic (exact) mass is 287 g/mol. The van der Waals surface area contributed by atoms with E-state index in [0.29, 0.717) is 5.88 Å². The van der Waals surface area contributed by atoms with Crippen molar-refractivity contribution >= 4 is 27.5 Å². The normalized spacial score (nSPS) is 11.5. The number of rotatable bonds is 5. The SMILES string of the molecule is CN(CC=CCCl)Cc1ccc(Br)cc1. The molecule has 15 heavy (non-hydrogen) atoms. The number of benzene rings is 1. The van der Waals surface area contributed by atoms with E-state index in [-0.39, 0.29) is 0 Å². The summed E-state index contributed by atoms with van der Waals surface area (Å²) >= 11 is 8.98. The van der Waals surface area contributed by atoms with Gasteiger partial charge in [0.15, 0.2) is 0 Å². The molecule has 0 aliphatic carbocycles. The maximum atomic E-state index is 5.55. The molecule has 0 saturated carbocycles. The van der Waals surface area contributed by atoms with Gasteiger partial charge in [-0.1, -0.05) is 40.2 Å². The molecule has 0 fully saturated rings. The Morgan fingerprint density at radius 1 is 1.27 bits per heavy atom. The van der Waals surface area contributed by atoms with Crippen LogP contribution in [0.25, 0.3) is 0 Å². The van der Waals surface area contributed by atoms with Crippen molar-refractivity contribution in [3.8, 4) is 0 Å². The minimum atomic E-state index is 0.589. The Kier molecular flexibility index (Phi) is 5.99. The molecule has 1 aromatic carbocycles. The van der Waals surface area contributed by atoms with Gasteiger partial charge in [0, 0.05) is 23.4 Å². The van der Waals surface area contributed by atoms with Crippen LogP contribution in [0.4, 0.5) is 0 Å². The average molecular weight is 289 g/mol. The van der Waals surface area contributed by atoms with Gasteiger partial charge in [0.25, 0.3) is 0 Å². The largest absolute Gasteiger partial charge is 0.298 e. The van der Waals surface area contributed by atoms with Crippen LogP contribution < -0.4 is 0 Å². The molecule has 0 aliphatic rings. The zero-order chi connectivity index (χ0) is 11.1. The van der Waals surface area contributed by atoms with Crippen LogP contribution in [0.3, 0.4) is 0 Å².